The molecule has 4 N–H and O–H groups in total. The highest BCUT2D eigenvalue weighted by Gasteiger charge is 2.28. The van der Waals surface area contributed by atoms with Gasteiger partial charge in [-0.1, -0.05) is 24.3 Å². The molecule has 0 saturated heterocycles. The molecule has 30 heavy (non-hydrogen) atoms. The van der Waals surface area contributed by atoms with E-state index in [-0.39, 0.29) is 17.0 Å². The normalized spacial score (nSPS) is 15.5. The lowest BCUT2D eigenvalue weighted by molar-refractivity contribution is -0.114. The lowest BCUT2D eigenvalue weighted by Crippen LogP contribution is -2.21. The van der Waals surface area contributed by atoms with Gasteiger partial charge in [0.15, 0.2) is 0 Å². The zero-order chi connectivity index (χ0) is 21.2. The zero-order valence-corrected chi connectivity index (χ0v) is 17.8. The molecule has 0 atom stereocenters. The molecule has 1 aliphatic rings. The van der Waals surface area contributed by atoms with Crippen LogP contribution < -0.4 is 16.1 Å². The Balaban J connectivity index is 0.00000320. The summed E-state index contributed by atoms with van der Waals surface area (Å²) in [6.07, 6.45) is 5.39. The van der Waals surface area contributed by atoms with Gasteiger partial charge in [0.05, 0.1) is 21.9 Å². The highest BCUT2D eigenvalue weighted by Crippen LogP contribution is 2.25. The summed E-state index contributed by atoms with van der Waals surface area (Å²) in [6, 6.07) is 13.3. The van der Waals surface area contributed by atoms with Crippen molar-refractivity contribution in [3.05, 3.63) is 71.8 Å². The second-order valence-corrected chi connectivity index (χ2v) is 8.12. The van der Waals surface area contributed by atoms with Gasteiger partial charge in [-0.25, -0.2) is 0 Å². The monoisotopic (exact) mass is 428 g/mol. The molecule has 2 aromatic carbocycles. The number of nitrogens with zero attached hydrogens (tertiary/aromatic N) is 3. The first kappa shape index (κ1) is 23.0. The number of hydrazone groups is 1. The predicted molar refractivity (Wildman–Crippen MR) is 120 cm³/mol. The van der Waals surface area contributed by atoms with E-state index in [4.69, 9.17) is 4.55 Å². The van der Waals surface area contributed by atoms with E-state index >= 15 is 0 Å². The third kappa shape index (κ3) is 5.01. The number of amides is 1. The first-order chi connectivity index (χ1) is 13.7. The molecule has 0 saturated carbocycles. The molecule has 0 aromatic heterocycles. The fraction of sp³-hybridized carbons (Fsp3) is 0.143. The molecule has 0 fully saturated rings. The van der Waals surface area contributed by atoms with Gasteiger partial charge in [-0.15, -0.1) is 0 Å². The van der Waals surface area contributed by atoms with E-state index < -0.39 is 10.1 Å². The summed E-state index contributed by atoms with van der Waals surface area (Å²) in [4.78, 5) is 14.5. The Morgan fingerprint density at radius 2 is 1.63 bits per heavy atom. The topological polar surface area (TPSA) is 125 Å². The summed E-state index contributed by atoms with van der Waals surface area (Å²) in [5.41, 5.74) is 3.52. The van der Waals surface area contributed by atoms with Crippen molar-refractivity contribution in [1.82, 2.24) is 6.15 Å². The third-order valence-corrected chi connectivity index (χ3v) is 5.27. The highest BCUT2D eigenvalue weighted by atomic mass is 32.2. The highest BCUT2D eigenvalue weighted by molar-refractivity contribution is 7.85. The van der Waals surface area contributed by atoms with Crippen molar-refractivity contribution in [2.45, 2.75) is 11.8 Å². The molecule has 9 heteroatoms. The molecule has 1 heterocycles. The summed E-state index contributed by atoms with van der Waals surface area (Å²) >= 11 is 0. The maximum absolute atomic E-state index is 12.7. The van der Waals surface area contributed by atoms with Crippen LogP contribution in [0.2, 0.25) is 0 Å². The fourth-order valence-corrected chi connectivity index (χ4v) is 3.26. The minimum absolute atomic E-state index is 0. The first-order valence-electron chi connectivity index (χ1n) is 8.80. The summed E-state index contributed by atoms with van der Waals surface area (Å²) < 4.78 is 31.4. The Labute approximate surface area is 176 Å². The second-order valence-electron chi connectivity index (χ2n) is 6.70. The smallest absolute Gasteiger partial charge is 0.294 e. The number of carbonyl (C=O) groups excluding carboxylic acids is 1. The van der Waals surface area contributed by atoms with Gasteiger partial charge in [0.25, 0.3) is 16.0 Å². The van der Waals surface area contributed by atoms with Crippen molar-refractivity contribution in [3.8, 4) is 0 Å². The number of hydrogen-bond donors (Lipinski definition) is 2. The molecule has 158 valence electrons. The van der Waals surface area contributed by atoms with Crippen LogP contribution in [0.4, 0.5) is 11.4 Å². The van der Waals surface area contributed by atoms with E-state index in [1.54, 1.807) is 19.1 Å². The van der Waals surface area contributed by atoms with Crippen molar-refractivity contribution in [2.24, 2.45) is 5.10 Å². The number of hydrogen-bond acceptors (Lipinski definition) is 6. The van der Waals surface area contributed by atoms with Crippen LogP contribution in [0, 0.1) is 0 Å². The lowest BCUT2D eigenvalue weighted by Gasteiger charge is -2.12. The summed E-state index contributed by atoms with van der Waals surface area (Å²) in [5, 5.41) is 5.45. The molecule has 2 aromatic rings. The van der Waals surface area contributed by atoms with Crippen molar-refractivity contribution < 1.29 is 17.8 Å². The molecule has 8 nitrogen and oxygen atoms in total. The minimum Gasteiger partial charge on any atom is -0.378 e. The molecular formula is C21H24N4O4S. The van der Waals surface area contributed by atoms with Crippen LogP contribution in [0.25, 0.3) is 6.08 Å². The van der Waals surface area contributed by atoms with Gasteiger partial charge in [-0.05, 0) is 55.0 Å². The van der Waals surface area contributed by atoms with Crippen molar-refractivity contribution in [2.75, 3.05) is 24.0 Å². The van der Waals surface area contributed by atoms with Gasteiger partial charge in [0.2, 0.25) is 0 Å². The Morgan fingerprint density at radius 1 is 1.03 bits per heavy atom. The van der Waals surface area contributed by atoms with Crippen LogP contribution in [0.1, 0.15) is 12.5 Å². The molecule has 1 aliphatic heterocycles. The Bertz CT molecular complexity index is 1120. The second kappa shape index (κ2) is 9.04. The van der Waals surface area contributed by atoms with E-state index in [1.807, 2.05) is 49.3 Å². The SMILES string of the molecule is CC1=NN(c2ccc(S(=O)(=O)O)cc2)C(=O)/C1=C\C=C\c1ccc(N(C)C)cc1.N. The molecule has 3 rings (SSSR count). The number of anilines is 2. The van der Waals surface area contributed by atoms with Crippen molar-refractivity contribution >= 4 is 39.2 Å². The Hall–Kier alpha value is -3.27. The number of allylic oxidation sites excluding steroid dienone is 2. The van der Waals surface area contributed by atoms with E-state index in [2.05, 4.69) is 5.10 Å². The average molecular weight is 429 g/mol. The van der Waals surface area contributed by atoms with Gasteiger partial charge in [-0.3, -0.25) is 9.35 Å². The summed E-state index contributed by atoms with van der Waals surface area (Å²) in [7, 11) is -0.332. The van der Waals surface area contributed by atoms with Crippen molar-refractivity contribution in [1.29, 1.82) is 0 Å². The predicted octanol–water partition coefficient (Wildman–Crippen LogP) is 3.52. The summed E-state index contributed by atoms with van der Waals surface area (Å²) in [6.45, 7) is 1.73. The maximum Gasteiger partial charge on any atom is 0.294 e. The van der Waals surface area contributed by atoms with Gasteiger partial charge >= 0.3 is 0 Å². The molecule has 0 spiro atoms. The van der Waals surface area contributed by atoms with Crippen LogP contribution in [-0.4, -0.2) is 38.7 Å². The van der Waals surface area contributed by atoms with Crippen LogP contribution in [0.5, 0.6) is 0 Å². The van der Waals surface area contributed by atoms with E-state index in [1.165, 1.54) is 29.3 Å². The maximum atomic E-state index is 12.7. The van der Waals surface area contributed by atoms with Crippen LogP contribution in [-0.2, 0) is 14.9 Å². The van der Waals surface area contributed by atoms with Gasteiger partial charge < -0.3 is 11.1 Å². The van der Waals surface area contributed by atoms with Crippen molar-refractivity contribution in [3.63, 3.8) is 0 Å². The summed E-state index contributed by atoms with van der Waals surface area (Å²) in [5.74, 6) is -0.310. The minimum atomic E-state index is -4.29. The van der Waals surface area contributed by atoms with Gasteiger partial charge in [0.1, 0.15) is 0 Å². The number of rotatable bonds is 5. The third-order valence-electron chi connectivity index (χ3n) is 4.40. The zero-order valence-electron chi connectivity index (χ0n) is 17.0. The van der Waals surface area contributed by atoms with Crippen LogP contribution >= 0.6 is 0 Å². The van der Waals surface area contributed by atoms with Crippen LogP contribution in [0.3, 0.4) is 0 Å². The number of benzene rings is 2. The standard InChI is InChI=1S/C21H21N3O4S.H3N/c1-15-20(6-4-5-16-7-9-17(10-8-16)23(2)3)21(25)24(22-15)18-11-13-19(14-12-18)29(26,27)28;/h4-14H,1-3H3,(H,26,27,28);1H3/b5-4+,20-6-;. The first-order valence-corrected chi connectivity index (χ1v) is 10.2. The Morgan fingerprint density at radius 3 is 2.17 bits per heavy atom. The van der Waals surface area contributed by atoms with E-state index in [0.29, 0.717) is 17.0 Å². The molecule has 0 unspecified atom stereocenters. The average Bonchev–Trinajstić information content (AvgIpc) is 2.96. The van der Waals surface area contributed by atoms with E-state index in [9.17, 15) is 13.2 Å². The lowest BCUT2D eigenvalue weighted by atomic mass is 10.1. The molecular weight excluding hydrogens is 404 g/mol. The quantitative estimate of drug-likeness (QED) is 0.554. The van der Waals surface area contributed by atoms with Crippen LogP contribution in [0.15, 0.2) is 76.3 Å². The number of carbonyl (C=O) groups is 1. The largest absolute Gasteiger partial charge is 0.378 e. The molecule has 0 bridgehead atoms. The van der Waals surface area contributed by atoms with Gasteiger partial charge in [-0.2, -0.15) is 18.5 Å². The Kier molecular flexibility index (Phi) is 6.93. The van der Waals surface area contributed by atoms with Gasteiger partial charge in [0, 0.05) is 19.8 Å². The molecule has 0 radical (unpaired) electrons. The van der Waals surface area contributed by atoms with E-state index in [0.717, 1.165) is 11.3 Å². The molecule has 1 amide bonds. The molecule has 0 aliphatic carbocycles. The fourth-order valence-electron chi connectivity index (χ4n) is 2.78.